The number of nitrogens with zero attached hydrogens (tertiary/aromatic N) is 1. The average molecular weight is 460 g/mol. The predicted molar refractivity (Wildman–Crippen MR) is 120 cm³/mol. The summed E-state index contributed by atoms with van der Waals surface area (Å²) >= 11 is 0. The minimum atomic E-state index is -3.51. The first-order chi connectivity index (χ1) is 15.8. The second kappa shape index (κ2) is 11.5. The van der Waals surface area contributed by atoms with Gasteiger partial charge in [0, 0.05) is 0 Å². The molecule has 0 radical (unpaired) electrons. The van der Waals surface area contributed by atoms with Crippen molar-refractivity contribution in [3.63, 3.8) is 0 Å². The zero-order valence-corrected chi connectivity index (χ0v) is 18.8. The lowest BCUT2D eigenvalue weighted by Crippen LogP contribution is -2.20. The second-order valence-electron chi connectivity index (χ2n) is 8.65. The molecule has 0 N–H and O–H groups in total. The molecule has 0 saturated heterocycles. The fourth-order valence-electron chi connectivity index (χ4n) is 4.49. The number of halogens is 4. The monoisotopic (exact) mass is 459 g/mol. The maximum absolute atomic E-state index is 14.5. The molecular weight excluding hydrogens is 430 g/mol. The summed E-state index contributed by atoms with van der Waals surface area (Å²) in [7, 11) is 0. The number of rotatable bonds is 9. The summed E-state index contributed by atoms with van der Waals surface area (Å²) < 4.78 is 61.1. The maximum atomic E-state index is 14.5. The second-order valence-corrected chi connectivity index (χ2v) is 8.65. The Kier molecular flexibility index (Phi) is 8.68. The SMILES string of the molecule is CC=CCCC1CCC(c2ccc(C(F)(F)OCCc3cc(F)c(C#N)c(F)c3)cc2)CC1. The summed E-state index contributed by atoms with van der Waals surface area (Å²) in [5.74, 6) is -0.886. The van der Waals surface area contributed by atoms with Crippen LogP contribution in [0.2, 0.25) is 0 Å². The molecule has 33 heavy (non-hydrogen) atoms. The molecule has 6 heteroatoms. The number of hydrogen-bond donors (Lipinski definition) is 0. The molecule has 0 heterocycles. The van der Waals surface area contributed by atoms with E-state index in [4.69, 9.17) is 10.00 Å². The van der Waals surface area contributed by atoms with Crippen LogP contribution in [0.4, 0.5) is 17.6 Å². The molecule has 0 bridgehead atoms. The van der Waals surface area contributed by atoms with Crippen LogP contribution in [0.3, 0.4) is 0 Å². The first-order valence-corrected chi connectivity index (χ1v) is 11.5. The van der Waals surface area contributed by atoms with Crippen molar-refractivity contribution < 1.29 is 22.3 Å². The van der Waals surface area contributed by atoms with E-state index in [0.717, 1.165) is 42.9 Å². The van der Waals surface area contributed by atoms with E-state index in [-0.39, 0.29) is 17.5 Å². The van der Waals surface area contributed by atoms with Gasteiger partial charge < -0.3 is 4.74 Å². The van der Waals surface area contributed by atoms with Gasteiger partial charge in [0.15, 0.2) is 0 Å². The Labute approximate surface area is 192 Å². The fourth-order valence-corrected chi connectivity index (χ4v) is 4.49. The lowest BCUT2D eigenvalue weighted by molar-refractivity contribution is -0.248. The lowest BCUT2D eigenvalue weighted by Gasteiger charge is -2.29. The molecular formula is C27H29F4NO. The van der Waals surface area contributed by atoms with E-state index < -0.39 is 29.9 Å². The first-order valence-electron chi connectivity index (χ1n) is 11.5. The third-order valence-electron chi connectivity index (χ3n) is 6.43. The Hall–Kier alpha value is -2.65. The van der Waals surface area contributed by atoms with Crippen molar-refractivity contribution in [1.82, 2.24) is 0 Å². The number of nitriles is 1. The van der Waals surface area contributed by atoms with Crippen LogP contribution in [-0.2, 0) is 17.3 Å². The van der Waals surface area contributed by atoms with Gasteiger partial charge in [-0.3, -0.25) is 0 Å². The van der Waals surface area contributed by atoms with E-state index in [1.807, 2.05) is 6.92 Å². The van der Waals surface area contributed by atoms with Gasteiger partial charge in [-0.25, -0.2) is 8.78 Å². The van der Waals surface area contributed by atoms with E-state index in [1.165, 1.54) is 37.5 Å². The van der Waals surface area contributed by atoms with Gasteiger partial charge in [0.25, 0.3) is 0 Å². The van der Waals surface area contributed by atoms with Crippen molar-refractivity contribution in [3.05, 3.63) is 82.4 Å². The number of allylic oxidation sites excluding steroid dienone is 2. The highest BCUT2D eigenvalue weighted by molar-refractivity contribution is 5.35. The smallest absolute Gasteiger partial charge is 0.316 e. The van der Waals surface area contributed by atoms with Gasteiger partial charge in [0.1, 0.15) is 23.3 Å². The van der Waals surface area contributed by atoms with Crippen LogP contribution < -0.4 is 0 Å². The highest BCUT2D eigenvalue weighted by Crippen LogP contribution is 2.38. The average Bonchev–Trinajstić information content (AvgIpc) is 2.80. The topological polar surface area (TPSA) is 33.0 Å². The molecule has 2 nitrogen and oxygen atoms in total. The van der Waals surface area contributed by atoms with Gasteiger partial charge >= 0.3 is 6.11 Å². The predicted octanol–water partition coefficient (Wildman–Crippen LogP) is 7.78. The van der Waals surface area contributed by atoms with Gasteiger partial charge in [0.05, 0.1) is 12.2 Å². The van der Waals surface area contributed by atoms with E-state index in [0.29, 0.717) is 5.92 Å². The van der Waals surface area contributed by atoms with Gasteiger partial charge in [-0.15, -0.1) is 0 Å². The minimum absolute atomic E-state index is 0.107. The van der Waals surface area contributed by atoms with Crippen LogP contribution >= 0.6 is 0 Å². The summed E-state index contributed by atoms with van der Waals surface area (Å²) in [6, 6.07) is 9.66. The van der Waals surface area contributed by atoms with Gasteiger partial charge in [0.2, 0.25) is 0 Å². The lowest BCUT2D eigenvalue weighted by atomic mass is 9.77. The molecule has 1 saturated carbocycles. The van der Waals surface area contributed by atoms with Crippen LogP contribution in [0.1, 0.15) is 73.6 Å². The summed E-state index contributed by atoms with van der Waals surface area (Å²) in [5.41, 5.74) is 0.289. The number of alkyl halides is 2. The molecule has 176 valence electrons. The number of ether oxygens (including phenoxy) is 1. The van der Waals surface area contributed by atoms with Crippen LogP contribution in [0.25, 0.3) is 0 Å². The van der Waals surface area contributed by atoms with Gasteiger partial charge in [-0.05, 0) is 87.0 Å². The summed E-state index contributed by atoms with van der Waals surface area (Å²) in [5, 5.41) is 8.70. The molecule has 2 aromatic rings. The van der Waals surface area contributed by atoms with E-state index in [9.17, 15) is 17.6 Å². The van der Waals surface area contributed by atoms with Crippen molar-refractivity contribution in [3.8, 4) is 6.07 Å². The molecule has 1 aliphatic rings. The minimum Gasteiger partial charge on any atom is -0.316 e. The molecule has 1 aliphatic carbocycles. The van der Waals surface area contributed by atoms with Crippen LogP contribution in [0.15, 0.2) is 48.6 Å². The molecule has 0 unspecified atom stereocenters. The normalized spacial score (nSPS) is 19.0. The largest absolute Gasteiger partial charge is 0.383 e. The van der Waals surface area contributed by atoms with Crippen LogP contribution in [0.5, 0.6) is 0 Å². The van der Waals surface area contributed by atoms with Crippen molar-refractivity contribution >= 4 is 0 Å². The molecule has 2 aromatic carbocycles. The van der Waals surface area contributed by atoms with E-state index in [1.54, 1.807) is 12.1 Å². The zero-order chi connectivity index (χ0) is 23.8. The Bertz CT molecular complexity index is 963. The molecule has 3 rings (SSSR count). The van der Waals surface area contributed by atoms with Crippen LogP contribution in [0, 0.1) is 28.9 Å². The summed E-state index contributed by atoms with van der Waals surface area (Å²) in [6.07, 6.45) is 7.48. The third-order valence-corrected chi connectivity index (χ3v) is 6.43. The van der Waals surface area contributed by atoms with Crippen molar-refractivity contribution in [1.29, 1.82) is 5.26 Å². The quantitative estimate of drug-likeness (QED) is 0.283. The Balaban J connectivity index is 1.52. The van der Waals surface area contributed by atoms with Crippen LogP contribution in [-0.4, -0.2) is 6.61 Å². The van der Waals surface area contributed by atoms with E-state index >= 15 is 0 Å². The van der Waals surface area contributed by atoms with Crippen molar-refractivity contribution in [2.24, 2.45) is 5.92 Å². The number of benzene rings is 2. The number of hydrogen-bond acceptors (Lipinski definition) is 2. The zero-order valence-electron chi connectivity index (χ0n) is 18.8. The van der Waals surface area contributed by atoms with Gasteiger partial charge in [-0.2, -0.15) is 14.0 Å². The Morgan fingerprint density at radius 1 is 1.06 bits per heavy atom. The van der Waals surface area contributed by atoms with Gasteiger partial charge in [-0.1, -0.05) is 36.4 Å². The molecule has 0 aliphatic heterocycles. The van der Waals surface area contributed by atoms with E-state index in [2.05, 4.69) is 12.2 Å². The fraction of sp³-hybridized carbons (Fsp3) is 0.444. The molecule has 0 atom stereocenters. The summed E-state index contributed by atoms with van der Waals surface area (Å²) in [6.45, 7) is 1.61. The first kappa shape index (κ1) is 25.0. The Morgan fingerprint density at radius 3 is 2.27 bits per heavy atom. The molecule has 0 spiro atoms. The molecule has 1 fully saturated rings. The van der Waals surface area contributed by atoms with Crippen molar-refractivity contribution in [2.45, 2.75) is 63.9 Å². The third kappa shape index (κ3) is 6.68. The molecule has 0 aromatic heterocycles. The molecule has 0 amide bonds. The highest BCUT2D eigenvalue weighted by atomic mass is 19.3. The standard InChI is InChI=1S/C27H29F4NO/c1-2-3-4-5-19-6-8-21(9-7-19)22-10-12-23(13-11-22)27(30,31)33-15-14-20-16-25(28)24(18-32)26(29)17-20/h2-3,10-13,16-17,19,21H,4-9,14-15H2,1H3. The maximum Gasteiger partial charge on any atom is 0.383 e. The summed E-state index contributed by atoms with van der Waals surface area (Å²) in [4.78, 5) is 0. The van der Waals surface area contributed by atoms with Crippen molar-refractivity contribution in [2.75, 3.05) is 6.61 Å². The highest BCUT2D eigenvalue weighted by Gasteiger charge is 2.33. The Morgan fingerprint density at radius 2 is 1.70 bits per heavy atom.